The maximum absolute atomic E-state index is 11.6. The second-order valence-corrected chi connectivity index (χ2v) is 7.00. The lowest BCUT2D eigenvalue weighted by Gasteiger charge is -2.20. The fourth-order valence-electron chi connectivity index (χ4n) is 2.02. The second kappa shape index (κ2) is 4.80. The van der Waals surface area contributed by atoms with E-state index < -0.39 is 16.1 Å². The van der Waals surface area contributed by atoms with Gasteiger partial charge in [0.1, 0.15) is 0 Å². The smallest absolute Gasteiger partial charge is 0.214 e. The van der Waals surface area contributed by atoms with Crippen molar-refractivity contribution >= 4 is 10.0 Å². The zero-order valence-corrected chi connectivity index (χ0v) is 10.5. The summed E-state index contributed by atoms with van der Waals surface area (Å²) in [6, 6.07) is 0. The van der Waals surface area contributed by atoms with Crippen molar-refractivity contribution in [2.24, 2.45) is 11.8 Å². The number of hydrogen-bond acceptors (Lipinski definition) is 3. The van der Waals surface area contributed by atoms with Crippen molar-refractivity contribution in [3.8, 4) is 0 Å². The first-order valence-corrected chi connectivity index (χ1v) is 7.08. The highest BCUT2D eigenvalue weighted by Gasteiger charge is 2.34. The fraction of sp³-hybridized carbons (Fsp3) is 1.00. The summed E-state index contributed by atoms with van der Waals surface area (Å²) in [5.41, 5.74) is 0. The van der Waals surface area contributed by atoms with E-state index >= 15 is 0 Å². The van der Waals surface area contributed by atoms with E-state index in [1.165, 1.54) is 4.31 Å². The van der Waals surface area contributed by atoms with Crippen LogP contribution in [0.2, 0.25) is 0 Å². The number of nitrogens with zero attached hydrogens (tertiary/aromatic N) is 1. The van der Waals surface area contributed by atoms with Crippen molar-refractivity contribution in [3.63, 3.8) is 0 Å². The molecule has 1 rings (SSSR count). The Morgan fingerprint density at radius 3 is 2.47 bits per heavy atom. The highest BCUT2D eigenvalue weighted by atomic mass is 32.2. The average molecular weight is 235 g/mol. The summed E-state index contributed by atoms with van der Waals surface area (Å²) in [7, 11) is -3.09. The van der Waals surface area contributed by atoms with Gasteiger partial charge in [-0.05, 0) is 18.3 Å². The summed E-state index contributed by atoms with van der Waals surface area (Å²) in [4.78, 5) is 0. The molecule has 1 aliphatic heterocycles. The number of sulfonamides is 1. The molecule has 1 saturated heterocycles. The van der Waals surface area contributed by atoms with E-state index in [1.54, 1.807) is 0 Å². The van der Waals surface area contributed by atoms with E-state index in [9.17, 15) is 13.5 Å². The molecule has 2 atom stereocenters. The third-order valence-corrected chi connectivity index (χ3v) is 4.64. The lowest BCUT2D eigenvalue weighted by atomic mass is 10.1. The minimum Gasteiger partial charge on any atom is -0.392 e. The highest BCUT2D eigenvalue weighted by Crippen LogP contribution is 2.20. The Kier molecular flexibility index (Phi) is 4.14. The van der Waals surface area contributed by atoms with Gasteiger partial charge in [-0.2, -0.15) is 4.31 Å². The molecule has 1 heterocycles. The molecule has 0 aromatic carbocycles. The van der Waals surface area contributed by atoms with Crippen LogP contribution in [-0.4, -0.2) is 42.8 Å². The fourth-order valence-corrected chi connectivity index (χ4v) is 3.94. The van der Waals surface area contributed by atoms with Gasteiger partial charge in [0.05, 0.1) is 11.9 Å². The Hall–Kier alpha value is -0.130. The lowest BCUT2D eigenvalue weighted by molar-refractivity contribution is 0.124. The molecule has 0 bridgehead atoms. The van der Waals surface area contributed by atoms with Gasteiger partial charge < -0.3 is 5.11 Å². The Morgan fingerprint density at radius 2 is 2.07 bits per heavy atom. The molecule has 0 aromatic rings. The van der Waals surface area contributed by atoms with Crippen LogP contribution in [0.1, 0.15) is 27.2 Å². The van der Waals surface area contributed by atoms with Crippen LogP contribution in [0, 0.1) is 11.8 Å². The summed E-state index contributed by atoms with van der Waals surface area (Å²) in [6.07, 6.45) is 0.116. The van der Waals surface area contributed by atoms with Crippen molar-refractivity contribution in [1.29, 1.82) is 0 Å². The Labute approximate surface area is 92.3 Å². The molecule has 0 aliphatic carbocycles. The average Bonchev–Trinajstić information content (AvgIpc) is 2.22. The van der Waals surface area contributed by atoms with Crippen LogP contribution in [0.25, 0.3) is 0 Å². The summed E-state index contributed by atoms with van der Waals surface area (Å²) in [6.45, 7) is 6.77. The number of rotatable bonds is 4. The number of aliphatic hydroxyl groups excluding tert-OH is 1. The van der Waals surface area contributed by atoms with Gasteiger partial charge in [-0.3, -0.25) is 0 Å². The highest BCUT2D eigenvalue weighted by molar-refractivity contribution is 7.89. The Morgan fingerprint density at radius 1 is 1.47 bits per heavy atom. The van der Waals surface area contributed by atoms with Gasteiger partial charge in [0.15, 0.2) is 0 Å². The molecule has 0 amide bonds. The molecule has 0 aromatic heterocycles. The van der Waals surface area contributed by atoms with E-state index in [0.29, 0.717) is 18.9 Å². The van der Waals surface area contributed by atoms with Gasteiger partial charge >= 0.3 is 0 Å². The predicted molar refractivity (Wildman–Crippen MR) is 60.0 cm³/mol. The predicted octanol–water partition coefficient (Wildman–Crippen LogP) is 0.675. The third kappa shape index (κ3) is 3.74. The van der Waals surface area contributed by atoms with E-state index in [0.717, 1.165) is 0 Å². The van der Waals surface area contributed by atoms with Crippen molar-refractivity contribution in [3.05, 3.63) is 0 Å². The molecule has 1 N–H and O–H groups in total. The molecule has 0 spiro atoms. The molecular formula is C10H21NO3S. The van der Waals surface area contributed by atoms with Gasteiger partial charge in [0.25, 0.3) is 0 Å². The van der Waals surface area contributed by atoms with Crippen LogP contribution >= 0.6 is 0 Å². The molecule has 90 valence electrons. The molecule has 1 aliphatic rings. The van der Waals surface area contributed by atoms with Crippen LogP contribution in [0.3, 0.4) is 0 Å². The van der Waals surface area contributed by atoms with Crippen molar-refractivity contribution in [1.82, 2.24) is 4.31 Å². The molecular weight excluding hydrogens is 214 g/mol. The summed E-state index contributed by atoms with van der Waals surface area (Å²) >= 11 is 0. The van der Waals surface area contributed by atoms with E-state index in [2.05, 4.69) is 0 Å². The van der Waals surface area contributed by atoms with Crippen LogP contribution in [0.4, 0.5) is 0 Å². The van der Waals surface area contributed by atoms with E-state index in [-0.39, 0.29) is 18.2 Å². The van der Waals surface area contributed by atoms with Gasteiger partial charge in [-0.15, -0.1) is 0 Å². The topological polar surface area (TPSA) is 57.6 Å². The molecule has 4 nitrogen and oxygen atoms in total. The second-order valence-electron chi connectivity index (χ2n) is 4.98. The SMILES string of the molecule is CC(C)CC(O)CN1CC(C)CS1(=O)=O. The standard InChI is InChI=1S/C10H21NO3S/c1-8(2)4-10(12)6-11-5-9(3)7-15(11,13)14/h8-10,12H,4-7H2,1-3H3. The van der Waals surface area contributed by atoms with Crippen LogP contribution < -0.4 is 0 Å². The Balaban J connectivity index is 2.52. The minimum atomic E-state index is -3.09. The van der Waals surface area contributed by atoms with Gasteiger partial charge in [-0.1, -0.05) is 20.8 Å². The monoisotopic (exact) mass is 235 g/mol. The first-order chi connectivity index (χ1) is 6.81. The van der Waals surface area contributed by atoms with Crippen LogP contribution in [0.15, 0.2) is 0 Å². The number of aliphatic hydroxyl groups is 1. The normalized spacial score (nSPS) is 28.5. The van der Waals surface area contributed by atoms with E-state index in [4.69, 9.17) is 0 Å². The zero-order chi connectivity index (χ0) is 11.6. The largest absolute Gasteiger partial charge is 0.392 e. The molecule has 0 saturated carbocycles. The van der Waals surface area contributed by atoms with Gasteiger partial charge in [0, 0.05) is 13.1 Å². The van der Waals surface area contributed by atoms with Gasteiger partial charge in [0.2, 0.25) is 10.0 Å². The van der Waals surface area contributed by atoms with E-state index in [1.807, 2.05) is 20.8 Å². The third-order valence-electron chi connectivity index (χ3n) is 2.56. The quantitative estimate of drug-likeness (QED) is 0.779. The zero-order valence-electron chi connectivity index (χ0n) is 9.68. The maximum Gasteiger partial charge on any atom is 0.214 e. The first-order valence-electron chi connectivity index (χ1n) is 5.47. The minimum absolute atomic E-state index is 0.182. The summed E-state index contributed by atoms with van der Waals surface area (Å²) in [5, 5.41) is 9.69. The van der Waals surface area contributed by atoms with Crippen LogP contribution in [-0.2, 0) is 10.0 Å². The molecule has 15 heavy (non-hydrogen) atoms. The van der Waals surface area contributed by atoms with Crippen molar-refractivity contribution in [2.75, 3.05) is 18.8 Å². The number of hydrogen-bond donors (Lipinski definition) is 1. The summed E-state index contributed by atoms with van der Waals surface area (Å²) < 4.78 is 24.6. The maximum atomic E-state index is 11.6. The summed E-state index contributed by atoms with van der Waals surface area (Å²) in [5.74, 6) is 0.797. The molecule has 2 unspecified atom stereocenters. The lowest BCUT2D eigenvalue weighted by Crippen LogP contribution is -2.34. The number of β-amino-alcohol motifs (C(OH)–C–C–N with tert-alkyl or cyclic N) is 1. The Bertz CT molecular complexity index is 300. The van der Waals surface area contributed by atoms with Crippen molar-refractivity contribution < 1.29 is 13.5 Å². The van der Waals surface area contributed by atoms with Crippen LogP contribution in [0.5, 0.6) is 0 Å². The molecule has 0 radical (unpaired) electrons. The molecule has 1 fully saturated rings. The first kappa shape index (κ1) is 12.9. The van der Waals surface area contributed by atoms with Gasteiger partial charge in [-0.25, -0.2) is 8.42 Å². The van der Waals surface area contributed by atoms with Crippen molar-refractivity contribution in [2.45, 2.75) is 33.3 Å². The molecule has 5 heteroatoms.